The van der Waals surface area contributed by atoms with Crippen molar-refractivity contribution in [3.63, 3.8) is 0 Å². The maximum absolute atomic E-state index is 13.2. The predicted molar refractivity (Wildman–Crippen MR) is 98.5 cm³/mol. The standard InChI is InChI=1S/C20H21N3O3/c1-23-16-10-6-5-9-15(16)20(19(23)26,11-14-7-3-2-4-8-14)12-18(25)22-13-17(21)24/h2-10H,11-13H2,1H3,(H2,21,24)(H,22,25)/t20-/m0/s1. The minimum Gasteiger partial charge on any atom is -0.368 e. The van der Waals surface area contributed by atoms with Gasteiger partial charge in [-0.1, -0.05) is 48.5 Å². The van der Waals surface area contributed by atoms with Crippen LogP contribution in [0.5, 0.6) is 0 Å². The first-order chi connectivity index (χ1) is 12.4. The number of carbonyl (C=O) groups is 3. The van der Waals surface area contributed by atoms with Gasteiger partial charge in [0, 0.05) is 19.2 Å². The summed E-state index contributed by atoms with van der Waals surface area (Å²) in [5, 5.41) is 2.50. The van der Waals surface area contributed by atoms with E-state index in [0.717, 1.165) is 16.8 Å². The molecule has 1 aliphatic rings. The van der Waals surface area contributed by atoms with Crippen molar-refractivity contribution in [2.75, 3.05) is 18.5 Å². The maximum Gasteiger partial charge on any atom is 0.238 e. The monoisotopic (exact) mass is 351 g/mol. The van der Waals surface area contributed by atoms with Gasteiger partial charge in [0.1, 0.15) is 0 Å². The molecule has 3 amide bonds. The molecule has 0 fully saturated rings. The molecule has 0 aromatic heterocycles. The maximum atomic E-state index is 13.2. The molecule has 1 atom stereocenters. The number of likely N-dealkylation sites (N-methyl/N-ethyl adjacent to an activating group) is 1. The number of nitrogens with zero attached hydrogens (tertiary/aromatic N) is 1. The topological polar surface area (TPSA) is 92.5 Å². The number of primary amides is 1. The Hall–Kier alpha value is -3.15. The zero-order valence-corrected chi connectivity index (χ0v) is 14.6. The molecule has 6 nitrogen and oxygen atoms in total. The molecule has 3 N–H and O–H groups in total. The third-order valence-corrected chi connectivity index (χ3v) is 4.77. The summed E-state index contributed by atoms with van der Waals surface area (Å²) in [7, 11) is 1.72. The molecule has 26 heavy (non-hydrogen) atoms. The van der Waals surface area contributed by atoms with Crippen molar-refractivity contribution in [3.8, 4) is 0 Å². The highest BCUT2D eigenvalue weighted by molar-refractivity contribution is 6.10. The highest BCUT2D eigenvalue weighted by atomic mass is 16.2. The van der Waals surface area contributed by atoms with Gasteiger partial charge in [0.25, 0.3) is 0 Å². The second-order valence-electron chi connectivity index (χ2n) is 6.55. The van der Waals surface area contributed by atoms with Crippen molar-refractivity contribution in [1.29, 1.82) is 0 Å². The van der Waals surface area contributed by atoms with Crippen LogP contribution in [-0.4, -0.2) is 31.3 Å². The van der Waals surface area contributed by atoms with Gasteiger partial charge in [-0.15, -0.1) is 0 Å². The van der Waals surface area contributed by atoms with Crippen LogP contribution in [-0.2, 0) is 26.2 Å². The fourth-order valence-electron chi connectivity index (χ4n) is 3.59. The van der Waals surface area contributed by atoms with Crippen LogP contribution in [0.3, 0.4) is 0 Å². The molecule has 6 heteroatoms. The minimum atomic E-state index is -1.01. The Kier molecular flexibility index (Phi) is 4.75. The Bertz CT molecular complexity index is 850. The average Bonchev–Trinajstić information content (AvgIpc) is 2.84. The summed E-state index contributed by atoms with van der Waals surface area (Å²) in [6.45, 7) is -0.244. The molecule has 0 saturated carbocycles. The second kappa shape index (κ2) is 7.00. The van der Waals surface area contributed by atoms with Crippen LogP contribution in [0.2, 0.25) is 0 Å². The molecule has 0 bridgehead atoms. The van der Waals surface area contributed by atoms with Crippen LogP contribution < -0.4 is 16.0 Å². The number of rotatable bonds is 6. The van der Waals surface area contributed by atoms with Crippen molar-refractivity contribution in [1.82, 2.24) is 5.32 Å². The number of para-hydroxylation sites is 1. The molecule has 1 aliphatic heterocycles. The van der Waals surface area contributed by atoms with Crippen LogP contribution in [0, 0.1) is 0 Å². The third-order valence-electron chi connectivity index (χ3n) is 4.77. The summed E-state index contributed by atoms with van der Waals surface area (Å²) in [6, 6.07) is 17.1. The van der Waals surface area contributed by atoms with E-state index in [1.807, 2.05) is 54.6 Å². The average molecular weight is 351 g/mol. The van der Waals surface area contributed by atoms with Crippen molar-refractivity contribution in [2.45, 2.75) is 18.3 Å². The summed E-state index contributed by atoms with van der Waals surface area (Å²) in [4.78, 5) is 38.2. The molecule has 0 unspecified atom stereocenters. The lowest BCUT2D eigenvalue weighted by atomic mass is 9.73. The quantitative estimate of drug-likeness (QED) is 0.817. The summed E-state index contributed by atoms with van der Waals surface area (Å²) in [6.07, 6.45) is 0.355. The zero-order chi connectivity index (χ0) is 18.7. The first-order valence-corrected chi connectivity index (χ1v) is 8.40. The Balaban J connectivity index is 2.01. The Morgan fingerprint density at radius 2 is 1.73 bits per heavy atom. The smallest absolute Gasteiger partial charge is 0.238 e. The van der Waals surface area contributed by atoms with Crippen molar-refractivity contribution in [2.24, 2.45) is 5.73 Å². The number of nitrogens with one attached hydrogen (secondary N) is 1. The van der Waals surface area contributed by atoms with Gasteiger partial charge in [0.2, 0.25) is 17.7 Å². The molecule has 2 aromatic rings. The van der Waals surface area contributed by atoms with Crippen LogP contribution in [0.25, 0.3) is 0 Å². The van der Waals surface area contributed by atoms with Gasteiger partial charge in [0.05, 0.1) is 12.0 Å². The van der Waals surface area contributed by atoms with Crippen LogP contribution in [0.4, 0.5) is 5.69 Å². The fraction of sp³-hybridized carbons (Fsp3) is 0.250. The zero-order valence-electron chi connectivity index (χ0n) is 14.6. The number of hydrogen-bond acceptors (Lipinski definition) is 3. The summed E-state index contributed by atoms with van der Waals surface area (Å²) in [5.74, 6) is -1.12. The molecule has 0 aliphatic carbocycles. The molecule has 3 rings (SSSR count). The molecular weight excluding hydrogens is 330 g/mol. The van der Waals surface area contributed by atoms with Gasteiger partial charge >= 0.3 is 0 Å². The fourth-order valence-corrected chi connectivity index (χ4v) is 3.59. The summed E-state index contributed by atoms with van der Waals surface area (Å²) >= 11 is 0. The van der Waals surface area contributed by atoms with Gasteiger partial charge < -0.3 is 16.0 Å². The predicted octanol–water partition coefficient (Wildman–Crippen LogP) is 1.14. The van der Waals surface area contributed by atoms with Gasteiger partial charge in [0.15, 0.2) is 0 Å². The van der Waals surface area contributed by atoms with E-state index in [1.165, 1.54) is 0 Å². The lowest BCUT2D eigenvalue weighted by Gasteiger charge is -2.28. The van der Waals surface area contributed by atoms with E-state index in [0.29, 0.717) is 6.42 Å². The van der Waals surface area contributed by atoms with E-state index < -0.39 is 11.3 Å². The molecule has 134 valence electrons. The van der Waals surface area contributed by atoms with Gasteiger partial charge in [-0.3, -0.25) is 14.4 Å². The number of amides is 3. The van der Waals surface area contributed by atoms with Crippen molar-refractivity contribution in [3.05, 3.63) is 65.7 Å². The minimum absolute atomic E-state index is 0.0463. The molecule has 0 saturated heterocycles. The summed E-state index contributed by atoms with van der Waals surface area (Å²) < 4.78 is 0. The number of fused-ring (bicyclic) bond motifs is 1. The number of anilines is 1. The number of nitrogens with two attached hydrogens (primary N) is 1. The van der Waals surface area contributed by atoms with E-state index in [4.69, 9.17) is 5.73 Å². The molecule has 0 spiro atoms. The third kappa shape index (κ3) is 3.18. The lowest BCUT2D eigenvalue weighted by molar-refractivity contribution is -0.130. The SMILES string of the molecule is CN1C(=O)[C@](CC(=O)NCC(N)=O)(Cc2ccccc2)c2ccccc21. The van der Waals surface area contributed by atoms with Crippen molar-refractivity contribution < 1.29 is 14.4 Å². The van der Waals surface area contributed by atoms with Crippen LogP contribution >= 0.6 is 0 Å². The lowest BCUT2D eigenvalue weighted by Crippen LogP contribution is -2.45. The Morgan fingerprint density at radius 3 is 2.42 bits per heavy atom. The van der Waals surface area contributed by atoms with E-state index >= 15 is 0 Å². The van der Waals surface area contributed by atoms with Gasteiger partial charge in [-0.2, -0.15) is 0 Å². The molecule has 0 radical (unpaired) electrons. The van der Waals surface area contributed by atoms with E-state index in [-0.39, 0.29) is 24.8 Å². The molecular formula is C20H21N3O3. The highest BCUT2D eigenvalue weighted by Gasteiger charge is 2.50. The van der Waals surface area contributed by atoms with Crippen molar-refractivity contribution >= 4 is 23.4 Å². The van der Waals surface area contributed by atoms with Gasteiger partial charge in [-0.05, 0) is 23.6 Å². The number of carbonyl (C=O) groups excluding carboxylic acids is 3. The van der Waals surface area contributed by atoms with Gasteiger partial charge in [-0.25, -0.2) is 0 Å². The summed E-state index contributed by atoms with van der Waals surface area (Å²) in [5.41, 5.74) is 6.69. The molecule has 1 heterocycles. The van der Waals surface area contributed by atoms with E-state index in [1.54, 1.807) is 11.9 Å². The molecule has 2 aromatic carbocycles. The normalized spacial score (nSPS) is 18.5. The largest absolute Gasteiger partial charge is 0.368 e. The highest BCUT2D eigenvalue weighted by Crippen LogP contribution is 2.45. The first-order valence-electron chi connectivity index (χ1n) is 8.40. The van der Waals surface area contributed by atoms with Crippen LogP contribution in [0.1, 0.15) is 17.5 Å². The first kappa shape index (κ1) is 17.7. The van der Waals surface area contributed by atoms with Crippen LogP contribution in [0.15, 0.2) is 54.6 Å². The number of benzene rings is 2. The van der Waals surface area contributed by atoms with E-state index in [9.17, 15) is 14.4 Å². The Morgan fingerprint density at radius 1 is 1.08 bits per heavy atom. The van der Waals surface area contributed by atoms with E-state index in [2.05, 4.69) is 5.32 Å². The second-order valence-corrected chi connectivity index (χ2v) is 6.55. The number of hydrogen-bond donors (Lipinski definition) is 2. The Labute approximate surface area is 152 Å².